The van der Waals surface area contributed by atoms with Crippen molar-refractivity contribution in [2.24, 2.45) is 0 Å². The Balaban J connectivity index is 1.62. The molecular formula is C20H27Cl2N3O2. The van der Waals surface area contributed by atoms with Crippen molar-refractivity contribution in [1.29, 1.82) is 0 Å². The zero-order valence-corrected chi connectivity index (χ0v) is 17.7. The maximum Gasteiger partial charge on any atom is 0.414 e. The summed E-state index contributed by atoms with van der Waals surface area (Å²) in [6, 6.07) is 5.73. The average Bonchev–Trinajstić information content (AvgIpc) is 3.05. The summed E-state index contributed by atoms with van der Waals surface area (Å²) in [5.41, 5.74) is 1.54. The molecule has 0 aliphatic carbocycles. The number of allylic oxidation sites excluding steroid dienone is 1. The Hall–Kier alpha value is -1.59. The molecule has 0 atom stereocenters. The fourth-order valence-corrected chi connectivity index (χ4v) is 3.81. The number of anilines is 1. The molecule has 0 bridgehead atoms. The van der Waals surface area contributed by atoms with Crippen LogP contribution in [0.3, 0.4) is 0 Å². The van der Waals surface area contributed by atoms with Crippen LogP contribution in [0, 0.1) is 0 Å². The highest BCUT2D eigenvalue weighted by Crippen LogP contribution is 2.33. The number of piperazine rings is 1. The van der Waals surface area contributed by atoms with E-state index in [0.29, 0.717) is 10.0 Å². The number of carbonyl (C=O) groups is 1. The van der Waals surface area contributed by atoms with Gasteiger partial charge in [0.15, 0.2) is 0 Å². The molecule has 0 aromatic heterocycles. The van der Waals surface area contributed by atoms with E-state index in [-0.39, 0.29) is 6.09 Å². The van der Waals surface area contributed by atoms with Gasteiger partial charge in [-0.15, -0.1) is 0 Å². The summed E-state index contributed by atoms with van der Waals surface area (Å²) in [4.78, 5) is 18.7. The van der Waals surface area contributed by atoms with E-state index in [1.54, 1.807) is 11.0 Å². The van der Waals surface area contributed by atoms with Crippen molar-refractivity contribution in [2.45, 2.75) is 39.2 Å². The van der Waals surface area contributed by atoms with E-state index in [1.165, 1.54) is 0 Å². The van der Waals surface area contributed by atoms with Gasteiger partial charge >= 0.3 is 6.09 Å². The molecule has 0 saturated carbocycles. The van der Waals surface area contributed by atoms with E-state index in [9.17, 15) is 4.79 Å². The van der Waals surface area contributed by atoms with E-state index >= 15 is 0 Å². The number of nitrogens with zero attached hydrogens (tertiary/aromatic N) is 3. The first-order chi connectivity index (χ1) is 12.7. The molecule has 2 fully saturated rings. The molecule has 2 heterocycles. The molecule has 1 amide bonds. The second kappa shape index (κ2) is 8.19. The molecule has 1 aromatic carbocycles. The third kappa shape index (κ3) is 5.02. The minimum Gasteiger partial charge on any atom is -0.443 e. The van der Waals surface area contributed by atoms with Gasteiger partial charge in [-0.05, 0) is 45.7 Å². The van der Waals surface area contributed by atoms with Crippen LogP contribution in [-0.2, 0) is 4.74 Å². The van der Waals surface area contributed by atoms with Gasteiger partial charge in [0, 0.05) is 44.6 Å². The molecule has 2 aliphatic heterocycles. The minimum absolute atomic E-state index is 0.254. The van der Waals surface area contributed by atoms with Crippen molar-refractivity contribution >= 4 is 35.0 Å². The highest BCUT2D eigenvalue weighted by molar-refractivity contribution is 6.43. The highest BCUT2D eigenvalue weighted by atomic mass is 35.5. The number of benzene rings is 1. The molecule has 0 spiro atoms. The lowest BCUT2D eigenvalue weighted by Gasteiger charge is -2.36. The topological polar surface area (TPSA) is 36.0 Å². The summed E-state index contributed by atoms with van der Waals surface area (Å²) < 4.78 is 5.53. The first-order valence-corrected chi connectivity index (χ1v) is 10.1. The Kier molecular flexibility index (Phi) is 6.11. The quantitative estimate of drug-likeness (QED) is 0.686. The summed E-state index contributed by atoms with van der Waals surface area (Å²) >= 11 is 12.5. The minimum atomic E-state index is -0.480. The van der Waals surface area contributed by atoms with Crippen molar-refractivity contribution in [1.82, 2.24) is 9.80 Å². The zero-order valence-electron chi connectivity index (χ0n) is 16.2. The molecule has 7 heteroatoms. The van der Waals surface area contributed by atoms with Gasteiger partial charge < -0.3 is 14.5 Å². The number of halogens is 2. The molecule has 2 aliphatic rings. The Morgan fingerprint density at radius 2 is 1.81 bits per heavy atom. The van der Waals surface area contributed by atoms with Gasteiger partial charge in [-0.3, -0.25) is 4.90 Å². The van der Waals surface area contributed by atoms with Crippen LogP contribution in [0.25, 0.3) is 0 Å². The molecule has 2 saturated heterocycles. The number of carbonyl (C=O) groups excluding carboxylic acids is 1. The Morgan fingerprint density at radius 3 is 2.48 bits per heavy atom. The molecule has 0 radical (unpaired) electrons. The normalized spacial score (nSPS) is 19.7. The first-order valence-electron chi connectivity index (χ1n) is 9.39. The summed E-state index contributed by atoms with van der Waals surface area (Å²) in [5, 5.41) is 1.19. The number of hydrogen-bond acceptors (Lipinski definition) is 4. The van der Waals surface area contributed by atoms with Crippen LogP contribution in [0.1, 0.15) is 33.6 Å². The third-order valence-corrected chi connectivity index (χ3v) is 5.50. The molecular weight excluding hydrogens is 385 g/mol. The molecule has 1 aromatic rings. The fraction of sp³-hybridized carbons (Fsp3) is 0.550. The number of hydrogen-bond donors (Lipinski definition) is 0. The molecule has 5 nitrogen and oxygen atoms in total. The average molecular weight is 412 g/mol. The summed E-state index contributed by atoms with van der Waals surface area (Å²) in [5.74, 6) is 0. The van der Waals surface area contributed by atoms with E-state index < -0.39 is 5.60 Å². The van der Waals surface area contributed by atoms with Gasteiger partial charge in [-0.1, -0.05) is 29.3 Å². The van der Waals surface area contributed by atoms with Crippen LogP contribution < -0.4 is 4.90 Å². The van der Waals surface area contributed by atoms with E-state index in [2.05, 4.69) is 16.0 Å². The summed E-state index contributed by atoms with van der Waals surface area (Å²) in [6.07, 6.45) is 3.74. The summed E-state index contributed by atoms with van der Waals surface area (Å²) in [6.45, 7) is 9.86. The number of amides is 1. The predicted octanol–water partition coefficient (Wildman–Crippen LogP) is 4.99. The number of rotatable bonds is 2. The van der Waals surface area contributed by atoms with Crippen molar-refractivity contribution in [3.8, 4) is 0 Å². The van der Waals surface area contributed by atoms with Gasteiger partial charge in [0.25, 0.3) is 0 Å². The standard InChI is InChI=1S/C20H27Cl2N3O2/c1-20(2,3)27-19(26)25-9-5-6-15(25)14-23-10-12-24(13-11-23)17-8-4-7-16(21)18(17)22/h4,7-8,14H,5-6,9-13H2,1-3H3/b15-14+. The lowest BCUT2D eigenvalue weighted by atomic mass is 10.2. The monoisotopic (exact) mass is 411 g/mol. The third-order valence-electron chi connectivity index (χ3n) is 4.69. The summed E-state index contributed by atoms with van der Waals surface area (Å²) in [7, 11) is 0. The first kappa shape index (κ1) is 20.2. The molecule has 3 rings (SSSR count). The van der Waals surface area contributed by atoms with E-state index in [1.807, 2.05) is 32.9 Å². The number of ether oxygens (including phenoxy) is 1. The Labute approximate surface area is 171 Å². The van der Waals surface area contributed by atoms with Gasteiger partial charge in [0.05, 0.1) is 15.7 Å². The Morgan fingerprint density at radius 1 is 1.11 bits per heavy atom. The van der Waals surface area contributed by atoms with Crippen LogP contribution in [-0.4, -0.2) is 54.2 Å². The van der Waals surface area contributed by atoms with Crippen molar-refractivity contribution < 1.29 is 9.53 Å². The zero-order chi connectivity index (χ0) is 19.6. The van der Waals surface area contributed by atoms with Gasteiger partial charge in [-0.2, -0.15) is 0 Å². The Bertz CT molecular complexity index is 722. The smallest absolute Gasteiger partial charge is 0.414 e. The molecule has 0 unspecified atom stereocenters. The van der Waals surface area contributed by atoms with Crippen LogP contribution in [0.5, 0.6) is 0 Å². The van der Waals surface area contributed by atoms with Crippen molar-refractivity contribution in [2.75, 3.05) is 37.6 Å². The maximum absolute atomic E-state index is 12.4. The van der Waals surface area contributed by atoms with Crippen LogP contribution in [0.15, 0.2) is 30.1 Å². The molecule has 0 N–H and O–H groups in total. The lowest BCUT2D eigenvalue weighted by molar-refractivity contribution is 0.0336. The second-order valence-corrected chi connectivity index (χ2v) is 8.74. The lowest BCUT2D eigenvalue weighted by Crippen LogP contribution is -2.44. The van der Waals surface area contributed by atoms with E-state index in [0.717, 1.165) is 56.9 Å². The van der Waals surface area contributed by atoms with Crippen LogP contribution in [0.2, 0.25) is 10.0 Å². The highest BCUT2D eigenvalue weighted by Gasteiger charge is 2.29. The van der Waals surface area contributed by atoms with E-state index in [4.69, 9.17) is 27.9 Å². The maximum atomic E-state index is 12.4. The molecule has 148 valence electrons. The predicted molar refractivity (Wildman–Crippen MR) is 111 cm³/mol. The van der Waals surface area contributed by atoms with Gasteiger partial charge in [-0.25, -0.2) is 4.79 Å². The van der Waals surface area contributed by atoms with Crippen molar-refractivity contribution in [3.05, 3.63) is 40.1 Å². The fourth-order valence-electron chi connectivity index (χ4n) is 3.40. The molecule has 27 heavy (non-hydrogen) atoms. The van der Waals surface area contributed by atoms with Crippen LogP contribution in [0.4, 0.5) is 10.5 Å². The number of likely N-dealkylation sites (tertiary alicyclic amines) is 1. The van der Waals surface area contributed by atoms with Crippen molar-refractivity contribution in [3.63, 3.8) is 0 Å². The van der Waals surface area contributed by atoms with Gasteiger partial charge in [0.2, 0.25) is 0 Å². The second-order valence-electron chi connectivity index (χ2n) is 7.95. The largest absolute Gasteiger partial charge is 0.443 e. The van der Waals surface area contributed by atoms with Gasteiger partial charge in [0.1, 0.15) is 5.60 Å². The van der Waals surface area contributed by atoms with Crippen LogP contribution >= 0.6 is 23.2 Å². The SMILES string of the molecule is CC(C)(C)OC(=O)N1CCC/C1=C\N1CCN(c2cccc(Cl)c2Cl)CC1.